The number of carbonyl (C=O) groups is 2. The third kappa shape index (κ3) is 6.19. The third-order valence-corrected chi connectivity index (χ3v) is 1.39. The van der Waals surface area contributed by atoms with E-state index in [1.54, 1.807) is 13.8 Å². The van der Waals surface area contributed by atoms with Gasteiger partial charge in [-0.2, -0.15) is 0 Å². The highest BCUT2D eigenvalue weighted by atomic mass is 16.5. The van der Waals surface area contributed by atoms with Gasteiger partial charge in [-0.1, -0.05) is 13.8 Å². The monoisotopic (exact) mass is 201 g/mol. The standard InChI is InChI=1S/C9H14O5/c1-9(2,5-10)6-14-8(13)4-3-7(11)12/h3-4,10H,5-6H2,1-2H3,(H,11,12)/p-1/b4-3+. The molecule has 0 amide bonds. The summed E-state index contributed by atoms with van der Waals surface area (Å²) in [6.45, 7) is 3.33. The SMILES string of the molecule is CC(C)(CO)COC(=O)/C=C/C(=O)[O-]. The van der Waals surface area contributed by atoms with Crippen molar-refractivity contribution in [3.8, 4) is 0 Å². The summed E-state index contributed by atoms with van der Waals surface area (Å²) in [5, 5.41) is 18.7. The molecule has 14 heavy (non-hydrogen) atoms. The molecule has 0 aliphatic heterocycles. The van der Waals surface area contributed by atoms with Gasteiger partial charge in [0.25, 0.3) is 0 Å². The average molecular weight is 201 g/mol. The molecule has 0 aromatic rings. The van der Waals surface area contributed by atoms with E-state index >= 15 is 0 Å². The van der Waals surface area contributed by atoms with Gasteiger partial charge in [-0.05, 0) is 6.08 Å². The zero-order valence-electron chi connectivity index (χ0n) is 8.15. The minimum Gasteiger partial charge on any atom is -0.545 e. The van der Waals surface area contributed by atoms with Crippen molar-refractivity contribution < 1.29 is 24.5 Å². The molecular formula is C9H13O5-. The fourth-order valence-electron chi connectivity index (χ4n) is 0.496. The molecule has 0 fully saturated rings. The molecule has 0 saturated heterocycles. The van der Waals surface area contributed by atoms with Crippen LogP contribution < -0.4 is 5.11 Å². The molecular weight excluding hydrogens is 188 g/mol. The number of aliphatic hydroxyl groups excluding tert-OH is 1. The Kier molecular flexibility index (Phi) is 4.86. The Hall–Kier alpha value is -1.36. The van der Waals surface area contributed by atoms with E-state index in [1.165, 1.54) is 0 Å². The molecule has 0 aliphatic rings. The van der Waals surface area contributed by atoms with Crippen molar-refractivity contribution in [3.63, 3.8) is 0 Å². The molecule has 0 radical (unpaired) electrons. The second-order valence-electron chi connectivity index (χ2n) is 3.58. The molecule has 0 unspecified atom stereocenters. The number of aliphatic carboxylic acids is 1. The minimum atomic E-state index is -1.46. The first-order valence-corrected chi connectivity index (χ1v) is 4.04. The molecule has 5 heteroatoms. The van der Waals surface area contributed by atoms with Crippen LogP contribution in [0.4, 0.5) is 0 Å². The zero-order chi connectivity index (χ0) is 11.2. The second kappa shape index (κ2) is 5.39. The molecule has 0 atom stereocenters. The van der Waals surface area contributed by atoms with Gasteiger partial charge in [0.2, 0.25) is 0 Å². The molecule has 0 bridgehead atoms. The number of hydrogen-bond acceptors (Lipinski definition) is 5. The Morgan fingerprint density at radius 1 is 1.43 bits per heavy atom. The van der Waals surface area contributed by atoms with E-state index in [0.717, 1.165) is 6.08 Å². The Balaban J connectivity index is 3.92. The van der Waals surface area contributed by atoms with Crippen LogP contribution >= 0.6 is 0 Å². The average Bonchev–Trinajstić information content (AvgIpc) is 2.11. The van der Waals surface area contributed by atoms with Crippen molar-refractivity contribution in [2.45, 2.75) is 13.8 Å². The van der Waals surface area contributed by atoms with Gasteiger partial charge < -0.3 is 19.7 Å². The van der Waals surface area contributed by atoms with Gasteiger partial charge >= 0.3 is 5.97 Å². The van der Waals surface area contributed by atoms with Gasteiger partial charge in [-0.15, -0.1) is 0 Å². The number of ether oxygens (including phenoxy) is 1. The predicted molar refractivity (Wildman–Crippen MR) is 46.0 cm³/mol. The topological polar surface area (TPSA) is 86.7 Å². The molecule has 0 saturated carbocycles. The first-order chi connectivity index (χ1) is 6.37. The lowest BCUT2D eigenvalue weighted by Gasteiger charge is -2.20. The quantitative estimate of drug-likeness (QED) is 0.448. The van der Waals surface area contributed by atoms with Crippen molar-refractivity contribution in [1.29, 1.82) is 0 Å². The summed E-state index contributed by atoms with van der Waals surface area (Å²) in [6, 6.07) is 0. The maximum absolute atomic E-state index is 10.8. The van der Waals surface area contributed by atoms with E-state index in [2.05, 4.69) is 4.74 Å². The minimum absolute atomic E-state index is 0.0275. The highest BCUT2D eigenvalue weighted by Crippen LogP contribution is 2.13. The Bertz CT molecular complexity index is 242. The van der Waals surface area contributed by atoms with Gasteiger partial charge in [-0.3, -0.25) is 0 Å². The molecule has 0 aromatic carbocycles. The summed E-state index contributed by atoms with van der Waals surface area (Å²) >= 11 is 0. The number of hydrogen-bond donors (Lipinski definition) is 1. The predicted octanol–water partition coefficient (Wildman–Crippen LogP) is -1.15. The van der Waals surface area contributed by atoms with Crippen molar-refractivity contribution in [1.82, 2.24) is 0 Å². The molecule has 0 aliphatic carbocycles. The third-order valence-electron chi connectivity index (χ3n) is 1.39. The van der Waals surface area contributed by atoms with E-state index in [-0.39, 0.29) is 13.2 Å². The second-order valence-corrected chi connectivity index (χ2v) is 3.58. The molecule has 0 aromatic heterocycles. The molecule has 0 rings (SSSR count). The first-order valence-electron chi connectivity index (χ1n) is 4.04. The Morgan fingerprint density at radius 2 is 2.00 bits per heavy atom. The Morgan fingerprint density at radius 3 is 2.43 bits per heavy atom. The summed E-state index contributed by atoms with van der Waals surface area (Å²) in [7, 11) is 0. The van der Waals surface area contributed by atoms with Crippen LogP contribution in [0.5, 0.6) is 0 Å². The van der Waals surface area contributed by atoms with Crippen molar-refractivity contribution in [2.75, 3.05) is 13.2 Å². The fourth-order valence-corrected chi connectivity index (χ4v) is 0.496. The lowest BCUT2D eigenvalue weighted by Crippen LogP contribution is -2.25. The van der Waals surface area contributed by atoms with Gasteiger partial charge in [-0.25, -0.2) is 4.79 Å². The van der Waals surface area contributed by atoms with Crippen LogP contribution in [0.1, 0.15) is 13.8 Å². The maximum Gasteiger partial charge on any atom is 0.330 e. The first kappa shape index (κ1) is 12.6. The van der Waals surface area contributed by atoms with Crippen molar-refractivity contribution in [3.05, 3.63) is 12.2 Å². The van der Waals surface area contributed by atoms with E-state index in [4.69, 9.17) is 5.11 Å². The lowest BCUT2D eigenvalue weighted by atomic mass is 9.97. The van der Waals surface area contributed by atoms with Gasteiger partial charge in [0.15, 0.2) is 0 Å². The normalized spacial score (nSPS) is 11.6. The summed E-state index contributed by atoms with van der Waals surface area (Å²) in [5.74, 6) is -2.22. The van der Waals surface area contributed by atoms with E-state index in [1.807, 2.05) is 0 Å². The van der Waals surface area contributed by atoms with Crippen LogP contribution in [-0.4, -0.2) is 30.3 Å². The van der Waals surface area contributed by atoms with Crippen LogP contribution in [0.2, 0.25) is 0 Å². The summed E-state index contributed by atoms with van der Waals surface area (Å²) in [6.07, 6.45) is 1.36. The van der Waals surface area contributed by atoms with Gasteiger partial charge in [0.1, 0.15) is 0 Å². The van der Waals surface area contributed by atoms with Crippen LogP contribution in [-0.2, 0) is 14.3 Å². The van der Waals surface area contributed by atoms with Crippen LogP contribution in [0, 0.1) is 5.41 Å². The van der Waals surface area contributed by atoms with Crippen molar-refractivity contribution in [2.24, 2.45) is 5.41 Å². The summed E-state index contributed by atoms with van der Waals surface area (Å²) in [5.41, 5.74) is -0.523. The highest BCUT2D eigenvalue weighted by molar-refractivity contribution is 5.89. The van der Waals surface area contributed by atoms with Crippen LogP contribution in [0.25, 0.3) is 0 Å². The molecule has 0 heterocycles. The largest absolute Gasteiger partial charge is 0.545 e. The van der Waals surface area contributed by atoms with E-state index in [0.29, 0.717) is 6.08 Å². The van der Waals surface area contributed by atoms with Gasteiger partial charge in [0.05, 0.1) is 19.2 Å². The molecule has 80 valence electrons. The van der Waals surface area contributed by atoms with Crippen LogP contribution in [0.3, 0.4) is 0 Å². The van der Waals surface area contributed by atoms with Crippen molar-refractivity contribution >= 4 is 11.9 Å². The van der Waals surface area contributed by atoms with E-state index < -0.39 is 17.4 Å². The number of carboxylic acids is 1. The highest BCUT2D eigenvalue weighted by Gasteiger charge is 2.18. The molecule has 5 nitrogen and oxygen atoms in total. The molecule has 1 N–H and O–H groups in total. The fraction of sp³-hybridized carbons (Fsp3) is 0.556. The number of esters is 1. The zero-order valence-corrected chi connectivity index (χ0v) is 8.15. The number of carboxylic acid groups (broad SMARTS) is 1. The van der Waals surface area contributed by atoms with E-state index in [9.17, 15) is 14.7 Å². The van der Waals surface area contributed by atoms with Crippen LogP contribution in [0.15, 0.2) is 12.2 Å². The summed E-state index contributed by atoms with van der Waals surface area (Å²) in [4.78, 5) is 20.7. The number of rotatable bonds is 5. The lowest BCUT2D eigenvalue weighted by molar-refractivity contribution is -0.297. The number of carbonyl (C=O) groups excluding carboxylic acids is 2. The smallest absolute Gasteiger partial charge is 0.330 e. The Labute approximate surface area is 82.0 Å². The maximum atomic E-state index is 10.8. The summed E-state index contributed by atoms with van der Waals surface area (Å²) < 4.78 is 4.67. The molecule has 0 spiro atoms. The van der Waals surface area contributed by atoms with Gasteiger partial charge in [0, 0.05) is 11.5 Å². The number of aliphatic hydroxyl groups is 1.